The second-order valence-electron chi connectivity index (χ2n) is 8.86. The van der Waals surface area contributed by atoms with E-state index in [0.717, 1.165) is 45.1 Å². The summed E-state index contributed by atoms with van der Waals surface area (Å²) in [6, 6.07) is 7.40. The molecule has 1 saturated carbocycles. The minimum Gasteiger partial charge on any atom is -0.381 e. The second-order valence-corrected chi connectivity index (χ2v) is 8.86. The van der Waals surface area contributed by atoms with E-state index in [0.29, 0.717) is 17.5 Å². The van der Waals surface area contributed by atoms with Gasteiger partial charge in [0.05, 0.1) is 24.9 Å². The van der Waals surface area contributed by atoms with Gasteiger partial charge >= 0.3 is 0 Å². The molecule has 0 atom stereocenters. The smallest absolute Gasteiger partial charge is 0.126 e. The van der Waals surface area contributed by atoms with E-state index in [9.17, 15) is 0 Å². The molecule has 1 N–H and O–H groups in total. The Hall–Kier alpha value is -2.44. The highest BCUT2D eigenvalue weighted by Crippen LogP contribution is 2.48. The standard InChI is InChI=1S/C23H26N4O2.2C2H6/c1-6-25-22(26-17-10-23(11-17)14-29-15-23)9-16(1)20-13-27(18-3-7-28-8-4-18)21-12-24-5-2-19(20)21;2*1-2/h1-2,5-6,9,12-13,17-18H,3-4,7-8,10-11,14-15H2,(H,25,26);2*1-2H3. The molecule has 6 rings (SSSR count). The number of rotatable bonds is 4. The van der Waals surface area contributed by atoms with Crippen LogP contribution < -0.4 is 5.32 Å². The van der Waals surface area contributed by atoms with E-state index in [-0.39, 0.29) is 0 Å². The summed E-state index contributed by atoms with van der Waals surface area (Å²) >= 11 is 0. The number of ether oxygens (including phenoxy) is 2. The van der Waals surface area contributed by atoms with Crippen molar-refractivity contribution in [2.45, 2.75) is 65.5 Å². The zero-order chi connectivity index (χ0) is 23.3. The minimum absolute atomic E-state index is 0.458. The van der Waals surface area contributed by atoms with Crippen molar-refractivity contribution in [1.82, 2.24) is 14.5 Å². The van der Waals surface area contributed by atoms with Crippen molar-refractivity contribution in [3.63, 3.8) is 0 Å². The fourth-order valence-corrected chi connectivity index (χ4v) is 5.19. The molecule has 0 unspecified atom stereocenters. The predicted molar refractivity (Wildman–Crippen MR) is 135 cm³/mol. The van der Waals surface area contributed by atoms with Crippen LogP contribution in [0.15, 0.2) is 43.0 Å². The number of hydrogen-bond acceptors (Lipinski definition) is 5. The molecule has 0 aromatic carbocycles. The third kappa shape index (κ3) is 4.78. The summed E-state index contributed by atoms with van der Waals surface area (Å²) in [5.74, 6) is 0.962. The van der Waals surface area contributed by atoms with Crippen molar-refractivity contribution in [1.29, 1.82) is 0 Å². The van der Waals surface area contributed by atoms with Crippen LogP contribution in [-0.4, -0.2) is 47.0 Å². The van der Waals surface area contributed by atoms with Crippen molar-refractivity contribution in [2.24, 2.45) is 5.41 Å². The normalized spacial score (nSPS) is 19.5. The van der Waals surface area contributed by atoms with Gasteiger partial charge in [-0.15, -0.1) is 0 Å². The Kier molecular flexibility index (Phi) is 7.66. The monoisotopic (exact) mass is 450 g/mol. The largest absolute Gasteiger partial charge is 0.381 e. The van der Waals surface area contributed by atoms with E-state index in [2.05, 4.69) is 44.2 Å². The number of nitrogens with zero attached hydrogens (tertiary/aromatic N) is 3. The van der Waals surface area contributed by atoms with E-state index < -0.39 is 0 Å². The summed E-state index contributed by atoms with van der Waals surface area (Å²) < 4.78 is 13.4. The minimum atomic E-state index is 0.458. The Morgan fingerprint density at radius 1 is 1.00 bits per heavy atom. The lowest BCUT2D eigenvalue weighted by Gasteiger charge is -2.53. The zero-order valence-electron chi connectivity index (χ0n) is 20.5. The number of hydrogen-bond donors (Lipinski definition) is 1. The molecular formula is C27H38N4O2. The maximum Gasteiger partial charge on any atom is 0.126 e. The van der Waals surface area contributed by atoms with E-state index in [1.165, 1.54) is 34.9 Å². The third-order valence-electron chi connectivity index (χ3n) is 6.82. The van der Waals surface area contributed by atoms with Gasteiger partial charge in [-0.05, 0) is 49.4 Å². The highest BCUT2D eigenvalue weighted by atomic mass is 16.5. The number of anilines is 1. The quantitative estimate of drug-likeness (QED) is 0.521. The van der Waals surface area contributed by atoms with Crippen molar-refractivity contribution in [3.8, 4) is 11.1 Å². The Morgan fingerprint density at radius 3 is 2.45 bits per heavy atom. The van der Waals surface area contributed by atoms with Crippen LogP contribution in [0.25, 0.3) is 22.0 Å². The number of fused-ring (bicyclic) bond motifs is 1. The molecule has 178 valence electrons. The van der Waals surface area contributed by atoms with Gasteiger partial charge in [-0.1, -0.05) is 27.7 Å². The fourth-order valence-electron chi connectivity index (χ4n) is 5.19. The van der Waals surface area contributed by atoms with Gasteiger partial charge < -0.3 is 19.4 Å². The van der Waals surface area contributed by atoms with Crippen molar-refractivity contribution < 1.29 is 9.47 Å². The summed E-state index contributed by atoms with van der Waals surface area (Å²) in [4.78, 5) is 8.97. The topological polar surface area (TPSA) is 61.2 Å². The molecule has 33 heavy (non-hydrogen) atoms. The SMILES string of the molecule is CC.CC.c1cc2c(-c3ccnc(NC4CC5(COC5)C4)c3)cn(C3CCOCC3)c2cn1. The molecule has 5 heterocycles. The molecule has 6 heteroatoms. The van der Waals surface area contributed by atoms with E-state index in [1.807, 2.05) is 46.3 Å². The maximum atomic E-state index is 5.57. The van der Waals surface area contributed by atoms with Gasteiger partial charge in [0.2, 0.25) is 0 Å². The molecule has 3 fully saturated rings. The molecule has 0 amide bonds. The highest BCUT2D eigenvalue weighted by molar-refractivity contribution is 5.96. The maximum absolute atomic E-state index is 5.57. The summed E-state index contributed by atoms with van der Waals surface area (Å²) in [5.41, 5.74) is 4.10. The number of aromatic nitrogens is 3. The van der Waals surface area contributed by atoms with E-state index in [1.54, 1.807) is 0 Å². The molecular weight excluding hydrogens is 412 g/mol. The fraction of sp³-hybridized carbons (Fsp3) is 0.556. The third-order valence-corrected chi connectivity index (χ3v) is 6.82. The van der Waals surface area contributed by atoms with Gasteiger partial charge in [-0.2, -0.15) is 0 Å². The first-order valence-corrected chi connectivity index (χ1v) is 12.6. The van der Waals surface area contributed by atoms with Gasteiger partial charge in [0.25, 0.3) is 0 Å². The number of nitrogens with one attached hydrogen (secondary N) is 1. The van der Waals surface area contributed by atoms with Crippen LogP contribution >= 0.6 is 0 Å². The molecule has 3 aliphatic rings. The van der Waals surface area contributed by atoms with Crippen molar-refractivity contribution in [3.05, 3.63) is 43.0 Å². The van der Waals surface area contributed by atoms with E-state index in [4.69, 9.17) is 9.47 Å². The second kappa shape index (κ2) is 10.7. The van der Waals surface area contributed by atoms with Crippen LogP contribution in [0.2, 0.25) is 0 Å². The van der Waals surface area contributed by atoms with E-state index >= 15 is 0 Å². The molecule has 3 aromatic rings. The lowest BCUT2D eigenvalue weighted by Crippen LogP contribution is -2.56. The highest BCUT2D eigenvalue weighted by Gasteiger charge is 2.49. The average Bonchev–Trinajstić information content (AvgIpc) is 3.23. The lowest BCUT2D eigenvalue weighted by molar-refractivity contribution is -0.159. The Bertz CT molecular complexity index is 1030. The van der Waals surface area contributed by atoms with Gasteiger partial charge in [-0.25, -0.2) is 4.98 Å². The Balaban J connectivity index is 0.000000617. The summed E-state index contributed by atoms with van der Waals surface area (Å²) in [7, 11) is 0. The molecule has 1 spiro atoms. The van der Waals surface area contributed by atoms with Crippen LogP contribution in [0.3, 0.4) is 0 Å². The summed E-state index contributed by atoms with van der Waals surface area (Å²) in [5, 5.41) is 4.88. The first kappa shape index (κ1) is 23.7. The van der Waals surface area contributed by atoms with Gasteiger partial charge in [0, 0.05) is 60.3 Å². The zero-order valence-corrected chi connectivity index (χ0v) is 20.5. The Morgan fingerprint density at radius 2 is 1.76 bits per heavy atom. The van der Waals surface area contributed by atoms with Crippen LogP contribution in [0.1, 0.15) is 59.4 Å². The van der Waals surface area contributed by atoms with Crippen LogP contribution in [0.4, 0.5) is 5.82 Å². The van der Waals surface area contributed by atoms with Crippen LogP contribution in [-0.2, 0) is 9.47 Å². The molecule has 1 aliphatic carbocycles. The first-order valence-electron chi connectivity index (χ1n) is 12.6. The lowest BCUT2D eigenvalue weighted by atomic mass is 9.64. The van der Waals surface area contributed by atoms with Crippen molar-refractivity contribution >= 4 is 16.7 Å². The van der Waals surface area contributed by atoms with Gasteiger partial charge in [0.15, 0.2) is 0 Å². The van der Waals surface area contributed by atoms with Gasteiger partial charge in [0.1, 0.15) is 5.82 Å². The van der Waals surface area contributed by atoms with Crippen molar-refractivity contribution in [2.75, 3.05) is 31.7 Å². The van der Waals surface area contributed by atoms with Crippen LogP contribution in [0.5, 0.6) is 0 Å². The van der Waals surface area contributed by atoms with Gasteiger partial charge in [-0.3, -0.25) is 4.98 Å². The molecule has 0 radical (unpaired) electrons. The molecule has 2 aliphatic heterocycles. The summed E-state index contributed by atoms with van der Waals surface area (Å²) in [6.07, 6.45) is 12.6. The first-order chi connectivity index (χ1) is 16.3. The molecule has 0 bridgehead atoms. The molecule has 6 nitrogen and oxygen atoms in total. The molecule has 2 saturated heterocycles. The summed E-state index contributed by atoms with van der Waals surface area (Å²) in [6.45, 7) is 11.5. The predicted octanol–water partition coefficient (Wildman–Crippen LogP) is 6.09. The molecule has 3 aromatic heterocycles. The Labute approximate surface area is 197 Å². The number of pyridine rings is 2. The average molecular weight is 451 g/mol. The van der Waals surface area contributed by atoms with Crippen LogP contribution in [0, 0.1) is 5.41 Å².